The summed E-state index contributed by atoms with van der Waals surface area (Å²) < 4.78 is 34.6. The largest absolute Gasteiger partial charge is 0.444 e. The van der Waals surface area contributed by atoms with Gasteiger partial charge in [0, 0.05) is 16.5 Å². The predicted octanol–water partition coefficient (Wildman–Crippen LogP) is 1.29. The Morgan fingerprint density at radius 1 is 1.00 bits per heavy atom. The second-order valence-electron chi connectivity index (χ2n) is 3.66. The fraction of sp³-hybridized carbons (Fsp3) is 0. The Morgan fingerprint density at radius 3 is 2.11 bits per heavy atom. The smallest absolute Gasteiger partial charge is 0.398 e. The molecule has 96 valence electrons. The first-order chi connectivity index (χ1) is 8.25. The lowest BCUT2D eigenvalue weighted by atomic mass is 10.1. The summed E-state index contributed by atoms with van der Waals surface area (Å²) in [5.41, 5.74) is 6.03. The number of benzene rings is 2. The Balaban J connectivity index is 2.91. The van der Waals surface area contributed by atoms with Gasteiger partial charge in [-0.15, -0.1) is 0 Å². The summed E-state index contributed by atoms with van der Waals surface area (Å²) in [4.78, 5) is 17.4. The van der Waals surface area contributed by atoms with Crippen LogP contribution in [-0.4, -0.2) is 18.2 Å². The maximum Gasteiger partial charge on any atom is 0.444 e. The molecule has 0 saturated heterocycles. The second-order valence-corrected chi connectivity index (χ2v) is 8.90. The molecule has 0 aliphatic heterocycles. The number of fused-ring (bicyclic) bond motifs is 1. The van der Waals surface area contributed by atoms with Gasteiger partial charge in [-0.1, -0.05) is 24.3 Å². The number of nitrogens with two attached hydrogens (primary N) is 1. The highest BCUT2D eigenvalue weighted by atomic mass is 32.8. The van der Waals surface area contributed by atoms with E-state index in [-0.39, 0.29) is 5.39 Å². The van der Waals surface area contributed by atoms with Crippen molar-refractivity contribution in [3.05, 3.63) is 36.4 Å². The highest BCUT2D eigenvalue weighted by molar-refractivity contribution is 8.48. The van der Waals surface area contributed by atoms with Gasteiger partial charge in [-0.2, -0.15) is 0 Å². The van der Waals surface area contributed by atoms with Crippen molar-refractivity contribution in [1.82, 2.24) is 0 Å². The average molecular weight is 287 g/mol. The van der Waals surface area contributed by atoms with Crippen molar-refractivity contribution >= 4 is 32.7 Å². The molecule has 0 unspecified atom stereocenters. The molecule has 4 N–H and O–H groups in total. The maximum atomic E-state index is 11.8. The maximum absolute atomic E-state index is 11.8. The molecule has 0 aliphatic rings. The van der Waals surface area contributed by atoms with Crippen LogP contribution in [0.3, 0.4) is 0 Å². The lowest BCUT2D eigenvalue weighted by molar-refractivity contribution is 0.390. The lowest BCUT2D eigenvalue weighted by Gasteiger charge is -2.10. The van der Waals surface area contributed by atoms with E-state index in [0.29, 0.717) is 11.1 Å². The number of rotatable bonds is 2. The summed E-state index contributed by atoms with van der Waals surface area (Å²) in [7, 11) is -4.71. The van der Waals surface area contributed by atoms with Crippen LogP contribution in [0, 0.1) is 0 Å². The van der Waals surface area contributed by atoms with Crippen LogP contribution in [0.4, 0.5) is 5.69 Å². The van der Waals surface area contributed by atoms with Crippen molar-refractivity contribution in [3.8, 4) is 0 Å². The van der Waals surface area contributed by atoms with E-state index in [0.717, 1.165) is 6.07 Å². The highest BCUT2D eigenvalue weighted by Crippen LogP contribution is 2.49. The van der Waals surface area contributed by atoms with Gasteiger partial charge in [-0.05, 0) is 12.1 Å². The Kier molecular flexibility index (Phi) is 2.95. The van der Waals surface area contributed by atoms with Crippen molar-refractivity contribution in [1.29, 1.82) is 0 Å². The molecule has 0 bridgehead atoms. The molecule has 0 atom stereocenters. The zero-order chi connectivity index (χ0) is 13.6. The van der Waals surface area contributed by atoms with E-state index in [9.17, 15) is 13.0 Å². The van der Waals surface area contributed by atoms with Crippen LogP contribution in [0.1, 0.15) is 0 Å². The number of nitrogen functional groups attached to an aromatic ring is 1. The van der Waals surface area contributed by atoms with Crippen LogP contribution in [0.5, 0.6) is 0 Å². The van der Waals surface area contributed by atoms with Gasteiger partial charge in [0.25, 0.3) is 9.46 Å². The molecule has 0 heterocycles. The number of anilines is 1. The van der Waals surface area contributed by atoms with Crippen LogP contribution in [-0.2, 0) is 14.0 Å². The van der Waals surface area contributed by atoms with E-state index in [1.165, 1.54) is 12.1 Å². The van der Waals surface area contributed by atoms with Gasteiger partial charge >= 0.3 is 6.80 Å². The normalized spacial score (nSPS) is 12.8. The monoisotopic (exact) mass is 287 g/mol. The first-order valence-electron chi connectivity index (χ1n) is 4.83. The first-order valence-corrected chi connectivity index (χ1v) is 8.53. The van der Waals surface area contributed by atoms with Crippen LogP contribution < -0.4 is 5.73 Å². The van der Waals surface area contributed by atoms with Crippen LogP contribution >= 0.6 is 6.80 Å². The quantitative estimate of drug-likeness (QED) is 0.566. The summed E-state index contributed by atoms with van der Waals surface area (Å²) in [5, 5.41) is 0.632. The standard InChI is InChI=1S/C10H10NO5PS/c11-9-5-6-10(18(15,16)17(12,13)14)8-4-2-1-3-7(8)9/h1-6H,11H2,(H2,12,13,14). The Hall–Kier alpha value is -1.40. The van der Waals surface area contributed by atoms with Crippen molar-refractivity contribution in [2.45, 2.75) is 4.90 Å². The Morgan fingerprint density at radius 2 is 1.56 bits per heavy atom. The predicted molar refractivity (Wildman–Crippen MR) is 67.6 cm³/mol. The van der Waals surface area contributed by atoms with Crippen molar-refractivity contribution in [2.24, 2.45) is 0 Å². The molecule has 6 nitrogen and oxygen atoms in total. The molecule has 8 heteroatoms. The molecule has 0 radical (unpaired) electrons. The van der Waals surface area contributed by atoms with Gasteiger partial charge in [-0.3, -0.25) is 0 Å². The Bertz CT molecular complexity index is 765. The average Bonchev–Trinajstić information content (AvgIpc) is 2.28. The van der Waals surface area contributed by atoms with Gasteiger partial charge in [0.15, 0.2) is 0 Å². The highest BCUT2D eigenvalue weighted by Gasteiger charge is 2.37. The van der Waals surface area contributed by atoms with E-state index in [1.54, 1.807) is 18.2 Å². The fourth-order valence-electron chi connectivity index (χ4n) is 1.65. The molecule has 2 aromatic carbocycles. The van der Waals surface area contributed by atoms with Gasteiger partial charge < -0.3 is 15.5 Å². The molecule has 2 aromatic rings. The third kappa shape index (κ3) is 1.91. The lowest BCUT2D eigenvalue weighted by Crippen LogP contribution is -2.03. The molecule has 0 saturated carbocycles. The zero-order valence-corrected chi connectivity index (χ0v) is 10.7. The van der Waals surface area contributed by atoms with E-state index < -0.39 is 21.2 Å². The van der Waals surface area contributed by atoms with E-state index in [2.05, 4.69) is 0 Å². The summed E-state index contributed by atoms with van der Waals surface area (Å²) >= 11 is 0. The molecule has 2 rings (SSSR count). The summed E-state index contributed by atoms with van der Waals surface area (Å²) in [5.74, 6) is 0. The zero-order valence-electron chi connectivity index (χ0n) is 9.02. The second kappa shape index (κ2) is 4.07. The molecule has 18 heavy (non-hydrogen) atoms. The van der Waals surface area contributed by atoms with E-state index in [1.807, 2.05) is 0 Å². The molecular formula is C10H10NO5PS. The summed E-state index contributed by atoms with van der Waals surface area (Å²) in [6.45, 7) is -5.28. The summed E-state index contributed by atoms with van der Waals surface area (Å²) in [6, 6.07) is 8.68. The topological polar surface area (TPSA) is 118 Å². The van der Waals surface area contributed by atoms with E-state index >= 15 is 0 Å². The molecule has 0 fully saturated rings. The minimum atomic E-state index is -5.28. The molecule has 0 aromatic heterocycles. The first kappa shape index (κ1) is 13.0. The molecule has 0 spiro atoms. The van der Waals surface area contributed by atoms with E-state index in [4.69, 9.17) is 15.5 Å². The van der Waals surface area contributed by atoms with Crippen molar-refractivity contribution in [3.63, 3.8) is 0 Å². The summed E-state index contributed by atoms with van der Waals surface area (Å²) in [6.07, 6.45) is 0. The SMILES string of the molecule is Nc1ccc(S(=O)(=O)P(=O)(O)O)c2ccccc12. The number of hydrogen-bond acceptors (Lipinski definition) is 4. The molecule has 0 amide bonds. The minimum absolute atomic E-state index is 0.195. The van der Waals surface area contributed by atoms with Gasteiger partial charge in [0.1, 0.15) is 0 Å². The fourth-order valence-corrected chi connectivity index (χ4v) is 3.85. The van der Waals surface area contributed by atoms with Crippen LogP contribution in [0.2, 0.25) is 0 Å². The van der Waals surface area contributed by atoms with Gasteiger partial charge in [-0.25, -0.2) is 13.0 Å². The van der Waals surface area contributed by atoms with Gasteiger partial charge in [0.2, 0.25) is 0 Å². The third-order valence-electron chi connectivity index (χ3n) is 2.51. The van der Waals surface area contributed by atoms with Crippen LogP contribution in [0.25, 0.3) is 10.8 Å². The van der Waals surface area contributed by atoms with Crippen LogP contribution in [0.15, 0.2) is 41.3 Å². The van der Waals surface area contributed by atoms with Crippen molar-refractivity contribution in [2.75, 3.05) is 5.73 Å². The third-order valence-corrected chi connectivity index (χ3v) is 6.52. The van der Waals surface area contributed by atoms with Crippen molar-refractivity contribution < 1.29 is 22.8 Å². The van der Waals surface area contributed by atoms with Gasteiger partial charge in [0.05, 0.1) is 4.90 Å². The Labute approximate surface area is 103 Å². The molecule has 0 aliphatic carbocycles. The number of hydrogen-bond donors (Lipinski definition) is 3. The molecular weight excluding hydrogens is 277 g/mol. The minimum Gasteiger partial charge on any atom is -0.398 e.